The Morgan fingerprint density at radius 1 is 0.600 bits per heavy atom. The summed E-state index contributed by atoms with van der Waals surface area (Å²) >= 11 is 3.93. The first-order chi connectivity index (χ1) is 28.5. The molecule has 0 spiro atoms. The van der Waals surface area contributed by atoms with Gasteiger partial charge in [0.1, 0.15) is 32.2 Å². The average molecular weight is 833 g/mol. The molecule has 306 valence electrons. The minimum atomic E-state index is -0.459. The molecular weight excluding hydrogens is 780 g/mol. The molecule has 0 saturated heterocycles. The van der Waals surface area contributed by atoms with Crippen LogP contribution in [0.5, 0.6) is 11.5 Å². The molecule has 4 aromatic carbocycles. The van der Waals surface area contributed by atoms with Crippen LogP contribution in [-0.4, -0.2) is 38.7 Å². The molecule has 0 N–H and O–H groups in total. The highest BCUT2D eigenvalue weighted by molar-refractivity contribution is 7.40. The van der Waals surface area contributed by atoms with Crippen molar-refractivity contribution >= 4 is 93.0 Å². The topological polar surface area (TPSA) is 43.4 Å². The molecule has 0 saturated carbocycles. The predicted molar refractivity (Wildman–Crippen MR) is 253 cm³/mol. The number of anilines is 5. The maximum atomic E-state index is 6.42. The summed E-state index contributed by atoms with van der Waals surface area (Å²) in [6.07, 6.45) is 5.24. The highest BCUT2D eigenvalue weighted by Crippen LogP contribution is 2.54. The average Bonchev–Trinajstić information content (AvgIpc) is 3.77. The van der Waals surface area contributed by atoms with Crippen LogP contribution in [-0.2, 0) is 25.7 Å². The SMILES string of the molecule is CC(C)(C)c1cc2c3c(c1)N(C1(C)C=CC4=C(C1)OCCO4)c1c(sc4ccc(C(C)(C)C)cc14)B3c1sc3ccc(C(C)(C)C)cc3c1N2c1ccc2c(c1)OCCO2. The number of thiophene rings is 2. The Hall–Kier alpha value is -4.86. The summed E-state index contributed by atoms with van der Waals surface area (Å²) in [6, 6.07) is 25.9. The molecule has 1 aliphatic carbocycles. The molecule has 6 heterocycles. The highest BCUT2D eigenvalue weighted by Gasteiger charge is 2.51. The number of hydrogen-bond donors (Lipinski definition) is 0. The van der Waals surface area contributed by atoms with Crippen molar-refractivity contribution in [3.8, 4) is 11.5 Å². The van der Waals surface area contributed by atoms with Gasteiger partial charge in [-0.25, -0.2) is 0 Å². The van der Waals surface area contributed by atoms with E-state index < -0.39 is 5.54 Å². The van der Waals surface area contributed by atoms with E-state index in [1.165, 1.54) is 74.6 Å². The minimum absolute atomic E-state index is 0.00695. The third-order valence-electron chi connectivity index (χ3n) is 13.2. The molecule has 9 heteroatoms. The molecule has 0 radical (unpaired) electrons. The molecular formula is C51H53BN2O4S2. The minimum Gasteiger partial charge on any atom is -0.490 e. The molecule has 5 aliphatic rings. The number of nitrogens with zero attached hydrogens (tertiary/aromatic N) is 2. The molecule has 6 aromatic rings. The second kappa shape index (κ2) is 12.8. The van der Waals surface area contributed by atoms with E-state index >= 15 is 0 Å². The van der Waals surface area contributed by atoms with E-state index in [1.54, 1.807) is 0 Å². The molecule has 1 unspecified atom stereocenters. The Balaban J connectivity index is 1.27. The van der Waals surface area contributed by atoms with Crippen LogP contribution in [0.4, 0.5) is 28.4 Å². The number of ether oxygens (including phenoxy) is 4. The van der Waals surface area contributed by atoms with E-state index in [4.69, 9.17) is 18.9 Å². The van der Waals surface area contributed by atoms with Crippen LogP contribution in [0.15, 0.2) is 90.4 Å². The Bertz CT molecular complexity index is 2860. The normalized spacial score (nSPS) is 19.5. The number of fused-ring (bicyclic) bond motifs is 9. The quantitative estimate of drug-likeness (QED) is 0.162. The molecule has 0 bridgehead atoms. The van der Waals surface area contributed by atoms with Crippen LogP contribution in [0.3, 0.4) is 0 Å². The first kappa shape index (κ1) is 38.1. The van der Waals surface area contributed by atoms with Crippen molar-refractivity contribution in [3.63, 3.8) is 0 Å². The van der Waals surface area contributed by atoms with Crippen molar-refractivity contribution in [2.24, 2.45) is 0 Å². The summed E-state index contributed by atoms with van der Waals surface area (Å²) in [4.78, 5) is 5.27. The molecule has 4 aliphatic heterocycles. The lowest BCUT2D eigenvalue weighted by molar-refractivity contribution is 0.0584. The first-order valence-corrected chi connectivity index (χ1v) is 23.1. The van der Waals surface area contributed by atoms with E-state index in [1.807, 2.05) is 22.7 Å². The van der Waals surface area contributed by atoms with Crippen molar-refractivity contribution in [2.75, 3.05) is 36.2 Å². The zero-order chi connectivity index (χ0) is 41.7. The van der Waals surface area contributed by atoms with E-state index in [-0.39, 0.29) is 23.0 Å². The van der Waals surface area contributed by atoms with Gasteiger partial charge in [-0.15, -0.1) is 22.7 Å². The highest BCUT2D eigenvalue weighted by atomic mass is 32.1. The molecule has 60 heavy (non-hydrogen) atoms. The van der Waals surface area contributed by atoms with Crippen molar-refractivity contribution in [3.05, 3.63) is 107 Å². The smallest absolute Gasteiger partial charge is 0.277 e. The van der Waals surface area contributed by atoms with Crippen LogP contribution in [0.25, 0.3) is 20.2 Å². The predicted octanol–water partition coefficient (Wildman–Crippen LogP) is 11.5. The van der Waals surface area contributed by atoms with Crippen LogP contribution < -0.4 is 34.3 Å². The number of hydrogen-bond acceptors (Lipinski definition) is 8. The summed E-state index contributed by atoms with van der Waals surface area (Å²) in [5, 5.41) is 2.61. The van der Waals surface area contributed by atoms with E-state index in [9.17, 15) is 0 Å². The second-order valence-electron chi connectivity index (χ2n) is 20.5. The third kappa shape index (κ3) is 5.71. The number of benzene rings is 4. The molecule has 11 rings (SSSR count). The van der Waals surface area contributed by atoms with Crippen LogP contribution in [0, 0.1) is 0 Å². The van der Waals surface area contributed by atoms with E-state index in [2.05, 4.69) is 158 Å². The lowest BCUT2D eigenvalue weighted by Crippen LogP contribution is -2.62. The fourth-order valence-corrected chi connectivity index (χ4v) is 12.5. The van der Waals surface area contributed by atoms with Gasteiger partial charge in [0.05, 0.1) is 22.6 Å². The second-order valence-corrected chi connectivity index (χ2v) is 22.7. The standard InChI is InChI=1S/C51H53BN2O4S2/c1-48(2,3)29-11-15-41-33(23-29)44-46(59-41)52-43-35(53(44)32-13-14-37-39(27-32)57-21-19-55-37)25-31(50(7,8)9)26-36(43)54(51(10)18-17-38-40(28-51)58-22-20-56-38)45-34-24-30(49(4,5)6)12-16-42(34)60-47(45)52/h11-18,23-27H,19-22,28H2,1-10H3. The van der Waals surface area contributed by atoms with Gasteiger partial charge in [0.25, 0.3) is 6.71 Å². The van der Waals surface area contributed by atoms with Gasteiger partial charge in [-0.2, -0.15) is 0 Å². The summed E-state index contributed by atoms with van der Waals surface area (Å²) in [6.45, 7) is 25.6. The van der Waals surface area contributed by atoms with Crippen LogP contribution in [0.2, 0.25) is 0 Å². The Kier molecular flexibility index (Phi) is 8.15. The monoisotopic (exact) mass is 832 g/mol. The fraction of sp³-hybridized carbons (Fsp3) is 0.373. The van der Waals surface area contributed by atoms with Gasteiger partial charge in [0.15, 0.2) is 17.3 Å². The van der Waals surface area contributed by atoms with Crippen molar-refractivity contribution in [1.29, 1.82) is 0 Å². The van der Waals surface area contributed by atoms with Gasteiger partial charge < -0.3 is 28.7 Å². The third-order valence-corrected chi connectivity index (χ3v) is 15.6. The van der Waals surface area contributed by atoms with Crippen molar-refractivity contribution in [1.82, 2.24) is 0 Å². The number of rotatable bonds is 2. The Morgan fingerprint density at radius 2 is 1.18 bits per heavy atom. The lowest BCUT2D eigenvalue weighted by atomic mass is 9.39. The zero-order valence-corrected chi connectivity index (χ0v) is 38.1. The van der Waals surface area contributed by atoms with Gasteiger partial charge in [-0.3, -0.25) is 0 Å². The zero-order valence-electron chi connectivity index (χ0n) is 36.5. The van der Waals surface area contributed by atoms with Crippen LogP contribution >= 0.6 is 22.7 Å². The van der Waals surface area contributed by atoms with Gasteiger partial charge in [-0.1, -0.05) is 80.5 Å². The summed E-state index contributed by atoms with van der Waals surface area (Å²) in [5.74, 6) is 3.38. The van der Waals surface area contributed by atoms with E-state index in [0.717, 1.165) is 28.7 Å². The van der Waals surface area contributed by atoms with E-state index in [0.29, 0.717) is 32.8 Å². The molecule has 1 atom stereocenters. The van der Waals surface area contributed by atoms with Crippen molar-refractivity contribution in [2.45, 2.75) is 97.4 Å². The fourth-order valence-electron chi connectivity index (χ4n) is 9.85. The molecule has 0 amide bonds. The van der Waals surface area contributed by atoms with Gasteiger partial charge in [-0.05, 0) is 99.9 Å². The lowest BCUT2D eigenvalue weighted by Gasteiger charge is -2.50. The number of allylic oxidation sites excluding steroid dienone is 1. The maximum absolute atomic E-state index is 6.42. The summed E-state index contributed by atoms with van der Waals surface area (Å²) in [5.41, 5.74) is 10.8. The van der Waals surface area contributed by atoms with Gasteiger partial charge >= 0.3 is 0 Å². The molecule has 0 fully saturated rings. The van der Waals surface area contributed by atoms with Crippen LogP contribution in [0.1, 0.15) is 92.3 Å². The molecule has 2 aromatic heterocycles. The Labute approximate surface area is 362 Å². The largest absolute Gasteiger partial charge is 0.490 e. The summed E-state index contributed by atoms with van der Waals surface area (Å²) < 4.78 is 30.4. The first-order valence-electron chi connectivity index (χ1n) is 21.5. The van der Waals surface area contributed by atoms with Gasteiger partial charge in [0.2, 0.25) is 0 Å². The van der Waals surface area contributed by atoms with Crippen molar-refractivity contribution < 1.29 is 18.9 Å². The summed E-state index contributed by atoms with van der Waals surface area (Å²) in [7, 11) is 0. The molecule has 6 nitrogen and oxygen atoms in total. The maximum Gasteiger partial charge on any atom is 0.277 e. The van der Waals surface area contributed by atoms with Gasteiger partial charge in [0, 0.05) is 53.6 Å². The Morgan fingerprint density at radius 3 is 1.85 bits per heavy atom.